The molecule has 1 atom stereocenters. The molecule has 100 valence electrons. The summed E-state index contributed by atoms with van der Waals surface area (Å²) in [6, 6.07) is 6.97. The third kappa shape index (κ3) is 3.15. The van der Waals surface area contributed by atoms with Gasteiger partial charge in [-0.3, -0.25) is 0 Å². The predicted molar refractivity (Wildman–Crippen MR) is 78.3 cm³/mol. The average molecular weight is 247 g/mol. The molecule has 2 rings (SSSR count). The van der Waals surface area contributed by atoms with Crippen molar-refractivity contribution >= 4 is 11.6 Å². The molecule has 1 N–H and O–H groups in total. The van der Waals surface area contributed by atoms with Crippen LogP contribution in [0.25, 0.3) is 0 Å². The Hall–Kier alpha value is -1.25. The molecule has 1 aliphatic rings. The number of anilines is 2. The summed E-state index contributed by atoms with van der Waals surface area (Å²) in [4.78, 5) is 7.25. The van der Waals surface area contributed by atoms with Crippen molar-refractivity contribution in [3.8, 4) is 0 Å². The molecule has 0 amide bonds. The van der Waals surface area contributed by atoms with E-state index in [0.717, 1.165) is 24.7 Å². The van der Waals surface area contributed by atoms with E-state index in [1.54, 1.807) is 0 Å². The van der Waals surface area contributed by atoms with Crippen molar-refractivity contribution in [2.75, 3.05) is 23.3 Å². The smallest absolute Gasteiger partial charge is 0.131 e. The SMILES string of the molecule is CCNc1cccc(N2CCCCCC2CC)n1. The molecule has 1 aromatic rings. The van der Waals surface area contributed by atoms with E-state index < -0.39 is 0 Å². The first-order chi connectivity index (χ1) is 8.85. The molecule has 0 radical (unpaired) electrons. The van der Waals surface area contributed by atoms with Crippen molar-refractivity contribution in [2.24, 2.45) is 0 Å². The van der Waals surface area contributed by atoms with Crippen molar-refractivity contribution in [3.63, 3.8) is 0 Å². The van der Waals surface area contributed by atoms with Crippen LogP contribution in [0.15, 0.2) is 18.2 Å². The monoisotopic (exact) mass is 247 g/mol. The second-order valence-corrected chi connectivity index (χ2v) is 5.02. The van der Waals surface area contributed by atoms with E-state index >= 15 is 0 Å². The summed E-state index contributed by atoms with van der Waals surface area (Å²) < 4.78 is 0. The summed E-state index contributed by atoms with van der Waals surface area (Å²) in [5, 5.41) is 3.30. The van der Waals surface area contributed by atoms with Gasteiger partial charge in [0.05, 0.1) is 0 Å². The number of nitrogens with zero attached hydrogens (tertiary/aromatic N) is 2. The minimum Gasteiger partial charge on any atom is -0.370 e. The lowest BCUT2D eigenvalue weighted by molar-refractivity contribution is 0.552. The molecular weight excluding hydrogens is 222 g/mol. The van der Waals surface area contributed by atoms with E-state index in [0.29, 0.717) is 6.04 Å². The van der Waals surface area contributed by atoms with Crippen LogP contribution in [0.2, 0.25) is 0 Å². The van der Waals surface area contributed by atoms with Gasteiger partial charge < -0.3 is 10.2 Å². The number of hydrogen-bond acceptors (Lipinski definition) is 3. The lowest BCUT2D eigenvalue weighted by atomic mass is 10.1. The van der Waals surface area contributed by atoms with Gasteiger partial charge in [0, 0.05) is 19.1 Å². The van der Waals surface area contributed by atoms with Crippen LogP contribution in [-0.4, -0.2) is 24.1 Å². The molecule has 1 aliphatic heterocycles. The van der Waals surface area contributed by atoms with Crippen molar-refractivity contribution in [1.82, 2.24) is 4.98 Å². The highest BCUT2D eigenvalue weighted by atomic mass is 15.2. The standard InChI is InChI=1S/C15H25N3/c1-3-13-9-6-5-7-12-18(13)15-11-8-10-14(17-15)16-4-2/h8,10-11,13H,3-7,9,12H2,1-2H3,(H,16,17). The first-order valence-electron chi connectivity index (χ1n) is 7.32. The maximum absolute atomic E-state index is 4.74. The first kappa shape index (κ1) is 13.2. The van der Waals surface area contributed by atoms with Crippen molar-refractivity contribution in [1.29, 1.82) is 0 Å². The third-order valence-corrected chi connectivity index (χ3v) is 3.73. The molecule has 1 unspecified atom stereocenters. The van der Waals surface area contributed by atoms with Crippen LogP contribution < -0.4 is 10.2 Å². The molecular formula is C15H25N3. The zero-order chi connectivity index (χ0) is 12.8. The maximum Gasteiger partial charge on any atom is 0.131 e. The van der Waals surface area contributed by atoms with Crippen molar-refractivity contribution in [3.05, 3.63) is 18.2 Å². The Labute approximate surface area is 111 Å². The second-order valence-electron chi connectivity index (χ2n) is 5.02. The summed E-state index contributed by atoms with van der Waals surface area (Å²) in [7, 11) is 0. The average Bonchev–Trinajstić information content (AvgIpc) is 2.64. The van der Waals surface area contributed by atoms with E-state index in [1.165, 1.54) is 32.1 Å². The minimum absolute atomic E-state index is 0.664. The van der Waals surface area contributed by atoms with Gasteiger partial charge in [-0.1, -0.05) is 25.8 Å². The van der Waals surface area contributed by atoms with Gasteiger partial charge in [0.15, 0.2) is 0 Å². The van der Waals surface area contributed by atoms with Crippen LogP contribution in [0.5, 0.6) is 0 Å². The summed E-state index contributed by atoms with van der Waals surface area (Å²) in [6.07, 6.45) is 6.54. The Morgan fingerprint density at radius 1 is 1.28 bits per heavy atom. The van der Waals surface area contributed by atoms with Gasteiger partial charge in [-0.05, 0) is 38.3 Å². The topological polar surface area (TPSA) is 28.2 Å². The molecule has 0 aliphatic carbocycles. The van der Waals surface area contributed by atoms with Crippen LogP contribution in [-0.2, 0) is 0 Å². The zero-order valence-electron chi connectivity index (χ0n) is 11.7. The summed E-state index contributed by atoms with van der Waals surface area (Å²) >= 11 is 0. The summed E-state index contributed by atoms with van der Waals surface area (Å²) in [6.45, 7) is 6.47. The normalized spacial score (nSPS) is 20.6. The number of hydrogen-bond donors (Lipinski definition) is 1. The fourth-order valence-corrected chi connectivity index (χ4v) is 2.77. The van der Waals surface area contributed by atoms with Crippen LogP contribution in [0.4, 0.5) is 11.6 Å². The van der Waals surface area contributed by atoms with Crippen LogP contribution in [0, 0.1) is 0 Å². The molecule has 1 fully saturated rings. The van der Waals surface area contributed by atoms with Gasteiger partial charge in [0.2, 0.25) is 0 Å². The number of rotatable bonds is 4. The fourth-order valence-electron chi connectivity index (χ4n) is 2.77. The molecule has 18 heavy (non-hydrogen) atoms. The van der Waals surface area contributed by atoms with Gasteiger partial charge >= 0.3 is 0 Å². The summed E-state index contributed by atoms with van der Waals surface area (Å²) in [5.74, 6) is 2.14. The summed E-state index contributed by atoms with van der Waals surface area (Å²) in [5.41, 5.74) is 0. The highest BCUT2D eigenvalue weighted by Gasteiger charge is 2.20. The molecule has 0 saturated carbocycles. The van der Waals surface area contributed by atoms with E-state index in [4.69, 9.17) is 4.98 Å². The quantitative estimate of drug-likeness (QED) is 0.880. The number of aromatic nitrogens is 1. The maximum atomic E-state index is 4.74. The van der Waals surface area contributed by atoms with Crippen LogP contribution in [0.1, 0.15) is 46.0 Å². The second kappa shape index (κ2) is 6.62. The predicted octanol–water partition coefficient (Wildman–Crippen LogP) is 3.67. The lowest BCUT2D eigenvalue weighted by Gasteiger charge is -2.30. The van der Waals surface area contributed by atoms with E-state index in [-0.39, 0.29) is 0 Å². The molecule has 0 bridgehead atoms. The molecule has 0 aromatic carbocycles. The minimum atomic E-state index is 0.664. The highest BCUT2D eigenvalue weighted by molar-refractivity contribution is 5.47. The Balaban J connectivity index is 2.18. The van der Waals surface area contributed by atoms with Crippen molar-refractivity contribution in [2.45, 2.75) is 52.0 Å². The Morgan fingerprint density at radius 2 is 2.17 bits per heavy atom. The Morgan fingerprint density at radius 3 is 2.94 bits per heavy atom. The van der Waals surface area contributed by atoms with E-state index in [2.05, 4.69) is 36.2 Å². The highest BCUT2D eigenvalue weighted by Crippen LogP contribution is 2.25. The first-order valence-corrected chi connectivity index (χ1v) is 7.32. The fraction of sp³-hybridized carbons (Fsp3) is 0.667. The molecule has 2 heterocycles. The van der Waals surface area contributed by atoms with Gasteiger partial charge in [0.1, 0.15) is 11.6 Å². The van der Waals surface area contributed by atoms with Gasteiger partial charge in [-0.2, -0.15) is 0 Å². The molecule has 3 nitrogen and oxygen atoms in total. The Kier molecular flexibility index (Phi) is 4.85. The van der Waals surface area contributed by atoms with Crippen LogP contribution in [0.3, 0.4) is 0 Å². The van der Waals surface area contributed by atoms with E-state index in [9.17, 15) is 0 Å². The van der Waals surface area contributed by atoms with Gasteiger partial charge in [0.25, 0.3) is 0 Å². The molecule has 1 saturated heterocycles. The largest absolute Gasteiger partial charge is 0.370 e. The van der Waals surface area contributed by atoms with Crippen molar-refractivity contribution < 1.29 is 0 Å². The number of pyridine rings is 1. The number of nitrogens with one attached hydrogen (secondary N) is 1. The third-order valence-electron chi connectivity index (χ3n) is 3.73. The van der Waals surface area contributed by atoms with E-state index in [1.807, 2.05) is 6.07 Å². The van der Waals surface area contributed by atoms with Gasteiger partial charge in [-0.15, -0.1) is 0 Å². The molecule has 1 aromatic heterocycles. The zero-order valence-corrected chi connectivity index (χ0v) is 11.7. The Bertz CT molecular complexity index is 365. The van der Waals surface area contributed by atoms with Gasteiger partial charge in [-0.25, -0.2) is 4.98 Å². The molecule has 3 heteroatoms. The van der Waals surface area contributed by atoms with Crippen LogP contribution >= 0.6 is 0 Å². The lowest BCUT2D eigenvalue weighted by Crippen LogP contribution is -2.35. The molecule has 0 spiro atoms.